The first kappa shape index (κ1) is 23.0. The standard InChI is InChI=1S/C27H23N5O4/c1-31-16-28-23-11-10-19(13-22(23)27(31)34)24-14-25(20-4-3-5-21(12-20)36-2)32(29-24)15-17-6-8-18(9-7-17)26(33)30-35/h3-14,16,35H,15H2,1-2H3,(H,30,33). The van der Waals surface area contributed by atoms with E-state index in [1.807, 2.05) is 65.3 Å². The van der Waals surface area contributed by atoms with Gasteiger partial charge >= 0.3 is 0 Å². The summed E-state index contributed by atoms with van der Waals surface area (Å²) in [4.78, 5) is 28.6. The summed E-state index contributed by atoms with van der Waals surface area (Å²) in [6.45, 7) is 0.435. The summed E-state index contributed by atoms with van der Waals surface area (Å²) in [5.41, 5.74) is 6.69. The Morgan fingerprint density at radius 2 is 1.83 bits per heavy atom. The molecular formula is C27H23N5O4. The summed E-state index contributed by atoms with van der Waals surface area (Å²) in [6, 6.07) is 22.1. The molecule has 0 unspecified atom stereocenters. The van der Waals surface area contributed by atoms with Gasteiger partial charge in [-0.2, -0.15) is 5.10 Å². The molecule has 180 valence electrons. The number of nitrogens with zero attached hydrogens (tertiary/aromatic N) is 4. The number of nitrogens with one attached hydrogen (secondary N) is 1. The summed E-state index contributed by atoms with van der Waals surface area (Å²) in [7, 11) is 3.29. The Bertz CT molecular complexity index is 1640. The van der Waals surface area contributed by atoms with E-state index in [0.717, 1.165) is 28.1 Å². The van der Waals surface area contributed by atoms with E-state index in [-0.39, 0.29) is 5.56 Å². The van der Waals surface area contributed by atoms with Crippen molar-refractivity contribution in [2.24, 2.45) is 7.05 Å². The monoisotopic (exact) mass is 481 g/mol. The van der Waals surface area contributed by atoms with Crippen LogP contribution in [0, 0.1) is 0 Å². The predicted octanol–water partition coefficient (Wildman–Crippen LogP) is 3.64. The van der Waals surface area contributed by atoms with Gasteiger partial charge in [0.25, 0.3) is 11.5 Å². The maximum atomic E-state index is 12.7. The van der Waals surface area contributed by atoms with Crippen LogP contribution in [0.1, 0.15) is 15.9 Å². The van der Waals surface area contributed by atoms with E-state index in [4.69, 9.17) is 15.0 Å². The van der Waals surface area contributed by atoms with E-state index in [9.17, 15) is 9.59 Å². The Hall–Kier alpha value is -4.76. The smallest absolute Gasteiger partial charge is 0.274 e. The van der Waals surface area contributed by atoms with Crippen LogP contribution in [0.2, 0.25) is 0 Å². The Labute approximate surface area is 206 Å². The van der Waals surface area contributed by atoms with Gasteiger partial charge in [0.2, 0.25) is 0 Å². The molecule has 1 amide bonds. The molecule has 2 N–H and O–H groups in total. The van der Waals surface area contributed by atoms with Crippen LogP contribution in [0.25, 0.3) is 33.4 Å². The summed E-state index contributed by atoms with van der Waals surface area (Å²) < 4.78 is 8.74. The molecule has 2 aromatic heterocycles. The first-order valence-electron chi connectivity index (χ1n) is 11.2. The number of aryl methyl sites for hydroxylation is 1. The lowest BCUT2D eigenvalue weighted by atomic mass is 10.1. The first-order chi connectivity index (χ1) is 17.5. The highest BCUT2D eigenvalue weighted by molar-refractivity contribution is 5.93. The van der Waals surface area contributed by atoms with E-state index in [0.29, 0.717) is 28.7 Å². The number of benzene rings is 3. The van der Waals surface area contributed by atoms with Gasteiger partial charge in [-0.25, -0.2) is 10.5 Å². The van der Waals surface area contributed by atoms with Crippen LogP contribution in [0.4, 0.5) is 0 Å². The number of carbonyl (C=O) groups excluding carboxylic acids is 1. The fourth-order valence-electron chi connectivity index (χ4n) is 4.06. The number of amides is 1. The summed E-state index contributed by atoms with van der Waals surface area (Å²) >= 11 is 0. The molecule has 0 aliphatic carbocycles. The molecule has 2 heterocycles. The van der Waals surface area contributed by atoms with Crippen LogP contribution in [0.15, 0.2) is 83.9 Å². The third kappa shape index (κ3) is 4.35. The number of hydrogen-bond acceptors (Lipinski definition) is 6. The Balaban J connectivity index is 1.60. The third-order valence-electron chi connectivity index (χ3n) is 6.01. The second-order valence-corrected chi connectivity index (χ2v) is 8.33. The minimum absolute atomic E-state index is 0.124. The molecule has 9 nitrogen and oxygen atoms in total. The number of carbonyl (C=O) groups is 1. The van der Waals surface area contributed by atoms with Crippen molar-refractivity contribution >= 4 is 16.8 Å². The van der Waals surface area contributed by atoms with E-state index in [1.165, 1.54) is 10.9 Å². The summed E-state index contributed by atoms with van der Waals surface area (Å²) in [5, 5.41) is 14.2. The molecule has 0 spiro atoms. The quantitative estimate of drug-likeness (QED) is 0.283. The molecule has 0 bridgehead atoms. The molecule has 9 heteroatoms. The fourth-order valence-corrected chi connectivity index (χ4v) is 4.06. The van der Waals surface area contributed by atoms with Gasteiger partial charge in [-0.05, 0) is 48.0 Å². The zero-order chi connectivity index (χ0) is 25.2. The topological polar surface area (TPSA) is 111 Å². The number of ether oxygens (including phenoxy) is 1. The van der Waals surface area contributed by atoms with Gasteiger partial charge in [-0.15, -0.1) is 0 Å². The van der Waals surface area contributed by atoms with Crippen molar-refractivity contribution in [3.05, 3.63) is 101 Å². The number of methoxy groups -OCH3 is 1. The maximum Gasteiger partial charge on any atom is 0.274 e. The summed E-state index contributed by atoms with van der Waals surface area (Å²) in [6.07, 6.45) is 1.51. The number of rotatable bonds is 6. The molecule has 0 atom stereocenters. The Morgan fingerprint density at radius 1 is 1.03 bits per heavy atom. The zero-order valence-corrected chi connectivity index (χ0v) is 19.7. The van der Waals surface area contributed by atoms with Crippen LogP contribution < -0.4 is 15.8 Å². The number of hydroxylamine groups is 1. The SMILES string of the molecule is COc1cccc(-c2cc(-c3ccc4ncn(C)c(=O)c4c3)nn2Cc2ccc(C(=O)NO)cc2)c1. The molecule has 0 fully saturated rings. The van der Waals surface area contributed by atoms with Gasteiger partial charge in [0.15, 0.2) is 0 Å². The average molecular weight is 482 g/mol. The lowest BCUT2D eigenvalue weighted by molar-refractivity contribution is 0.0706. The Morgan fingerprint density at radius 3 is 2.58 bits per heavy atom. The highest BCUT2D eigenvalue weighted by Crippen LogP contribution is 2.30. The second kappa shape index (κ2) is 9.47. The average Bonchev–Trinajstić information content (AvgIpc) is 3.34. The second-order valence-electron chi connectivity index (χ2n) is 8.33. The van der Waals surface area contributed by atoms with Crippen molar-refractivity contribution in [1.29, 1.82) is 0 Å². The Kier molecular flexibility index (Phi) is 6.05. The van der Waals surface area contributed by atoms with Crippen molar-refractivity contribution in [2.45, 2.75) is 6.54 Å². The van der Waals surface area contributed by atoms with Crippen LogP contribution in [-0.2, 0) is 13.6 Å². The van der Waals surface area contributed by atoms with Gasteiger partial charge in [0.1, 0.15) is 5.75 Å². The minimum Gasteiger partial charge on any atom is -0.497 e. The largest absolute Gasteiger partial charge is 0.497 e. The highest BCUT2D eigenvalue weighted by Gasteiger charge is 2.15. The van der Waals surface area contributed by atoms with Crippen LogP contribution in [0.5, 0.6) is 5.75 Å². The van der Waals surface area contributed by atoms with Gasteiger partial charge < -0.3 is 9.30 Å². The van der Waals surface area contributed by atoms with E-state index in [1.54, 1.807) is 31.8 Å². The molecular weight excluding hydrogens is 458 g/mol. The highest BCUT2D eigenvalue weighted by atomic mass is 16.5. The number of hydrogen-bond donors (Lipinski definition) is 2. The minimum atomic E-state index is -0.572. The molecule has 36 heavy (non-hydrogen) atoms. The molecule has 3 aromatic carbocycles. The molecule has 0 saturated carbocycles. The van der Waals surface area contributed by atoms with Crippen LogP contribution in [0.3, 0.4) is 0 Å². The fraction of sp³-hybridized carbons (Fsp3) is 0.111. The van der Waals surface area contributed by atoms with E-state index in [2.05, 4.69) is 4.98 Å². The van der Waals surface area contributed by atoms with Gasteiger partial charge in [0.05, 0.1) is 42.3 Å². The lowest BCUT2D eigenvalue weighted by Gasteiger charge is -2.09. The zero-order valence-electron chi connectivity index (χ0n) is 19.7. The van der Waals surface area contributed by atoms with E-state index < -0.39 is 5.91 Å². The lowest BCUT2D eigenvalue weighted by Crippen LogP contribution is -2.18. The van der Waals surface area contributed by atoms with Gasteiger partial charge in [-0.1, -0.05) is 30.3 Å². The third-order valence-corrected chi connectivity index (χ3v) is 6.01. The molecule has 0 saturated heterocycles. The van der Waals surface area contributed by atoms with Crippen LogP contribution in [-0.4, -0.2) is 37.6 Å². The van der Waals surface area contributed by atoms with Gasteiger partial charge in [0, 0.05) is 23.7 Å². The maximum absolute atomic E-state index is 12.7. The first-order valence-corrected chi connectivity index (χ1v) is 11.2. The molecule has 0 radical (unpaired) electrons. The summed E-state index contributed by atoms with van der Waals surface area (Å²) in [5.74, 6) is 0.151. The predicted molar refractivity (Wildman–Crippen MR) is 135 cm³/mol. The molecule has 5 rings (SSSR count). The van der Waals surface area contributed by atoms with Crippen molar-refractivity contribution < 1.29 is 14.7 Å². The molecule has 0 aliphatic heterocycles. The van der Waals surface area contributed by atoms with Crippen molar-refractivity contribution in [3.8, 4) is 28.3 Å². The van der Waals surface area contributed by atoms with Crippen molar-refractivity contribution in [2.75, 3.05) is 7.11 Å². The number of aromatic nitrogens is 4. The molecule has 5 aromatic rings. The van der Waals surface area contributed by atoms with Crippen LogP contribution >= 0.6 is 0 Å². The van der Waals surface area contributed by atoms with E-state index >= 15 is 0 Å². The van der Waals surface area contributed by atoms with Crippen molar-refractivity contribution in [1.82, 2.24) is 24.8 Å². The van der Waals surface area contributed by atoms with Crippen molar-refractivity contribution in [3.63, 3.8) is 0 Å². The van der Waals surface area contributed by atoms with Gasteiger partial charge in [-0.3, -0.25) is 19.5 Å². The molecule has 0 aliphatic rings. The number of fused-ring (bicyclic) bond motifs is 1. The normalized spacial score (nSPS) is 11.0.